The van der Waals surface area contributed by atoms with Crippen LogP contribution in [0.2, 0.25) is 0 Å². The number of thiocarbonyl (C=S) groups is 1. The molecule has 0 spiro atoms. The molecule has 1 amide bonds. The van der Waals surface area contributed by atoms with Crippen molar-refractivity contribution in [2.75, 3.05) is 46.3 Å². The minimum atomic E-state index is -0.476. The third-order valence-corrected chi connectivity index (χ3v) is 3.08. The summed E-state index contributed by atoms with van der Waals surface area (Å²) in [6.07, 6.45) is -0.415. The van der Waals surface area contributed by atoms with Gasteiger partial charge in [0.2, 0.25) is 0 Å². The van der Waals surface area contributed by atoms with Crippen LogP contribution in [0.3, 0.4) is 0 Å². The predicted molar refractivity (Wildman–Crippen MR) is 87.0 cm³/mol. The Morgan fingerprint density at radius 1 is 1.14 bits per heavy atom. The van der Waals surface area contributed by atoms with E-state index in [-0.39, 0.29) is 0 Å². The summed E-state index contributed by atoms with van der Waals surface area (Å²) in [5.74, 6) is 0. The fourth-order valence-corrected chi connectivity index (χ4v) is 1.99. The number of hydrogen-bond donors (Lipinski definition) is 3. The zero-order chi connectivity index (χ0) is 15.9. The van der Waals surface area contributed by atoms with Crippen molar-refractivity contribution in [2.24, 2.45) is 0 Å². The number of ether oxygens (including phenoxy) is 1. The number of likely N-dealkylation sites (N-methyl/N-ethyl adjacent to an activating group) is 1. The number of hydrogen-bond acceptors (Lipinski definition) is 5. The van der Waals surface area contributed by atoms with E-state index in [1.165, 1.54) is 0 Å². The van der Waals surface area contributed by atoms with Crippen LogP contribution in [0, 0.1) is 0 Å². The van der Waals surface area contributed by atoms with Crippen molar-refractivity contribution in [3.8, 4) is 0 Å². The zero-order valence-corrected chi connectivity index (χ0v) is 14.2. The summed E-state index contributed by atoms with van der Waals surface area (Å²) in [5, 5.41) is 8.40. The molecule has 0 atom stereocenters. The first kappa shape index (κ1) is 17.9. The highest BCUT2D eigenvalue weighted by Crippen LogP contribution is 2.05. The van der Waals surface area contributed by atoms with Gasteiger partial charge in [0.15, 0.2) is 5.11 Å². The van der Waals surface area contributed by atoms with E-state index < -0.39 is 11.7 Å². The molecule has 3 N–H and O–H groups in total. The van der Waals surface area contributed by atoms with Crippen LogP contribution >= 0.6 is 12.2 Å². The maximum absolute atomic E-state index is 11.4. The fourth-order valence-electron chi connectivity index (χ4n) is 1.76. The van der Waals surface area contributed by atoms with Gasteiger partial charge in [-0.3, -0.25) is 5.43 Å². The number of alkyl carbamates (subject to hydrolysis) is 1. The lowest BCUT2D eigenvalue weighted by Gasteiger charge is -2.33. The number of rotatable bonds is 4. The second-order valence-corrected chi connectivity index (χ2v) is 6.49. The molecule has 1 heterocycles. The lowest BCUT2D eigenvalue weighted by molar-refractivity contribution is 0.0529. The second-order valence-electron chi connectivity index (χ2n) is 6.09. The predicted octanol–water partition coefficient (Wildman–Crippen LogP) is 0.138. The Bertz CT molecular complexity index is 351. The summed E-state index contributed by atoms with van der Waals surface area (Å²) in [5.41, 5.74) is 2.67. The van der Waals surface area contributed by atoms with E-state index >= 15 is 0 Å². The Morgan fingerprint density at radius 2 is 1.71 bits per heavy atom. The SMILES string of the molecule is CN1CCN(NC(=S)NCCNC(=O)OC(C)(C)C)CC1. The molecule has 0 saturated carbocycles. The number of carbonyl (C=O) groups is 1. The minimum Gasteiger partial charge on any atom is -0.444 e. The van der Waals surface area contributed by atoms with Gasteiger partial charge in [0.25, 0.3) is 0 Å². The summed E-state index contributed by atoms with van der Waals surface area (Å²) in [6, 6.07) is 0. The van der Waals surface area contributed by atoms with E-state index in [9.17, 15) is 4.79 Å². The molecule has 0 aromatic rings. The number of nitrogens with zero attached hydrogens (tertiary/aromatic N) is 2. The minimum absolute atomic E-state index is 0.415. The van der Waals surface area contributed by atoms with E-state index in [0.29, 0.717) is 18.2 Å². The van der Waals surface area contributed by atoms with Crippen LogP contribution in [-0.4, -0.2) is 73.0 Å². The molecular weight excluding hydrogens is 290 g/mol. The van der Waals surface area contributed by atoms with Gasteiger partial charge in [0, 0.05) is 39.3 Å². The Hall–Kier alpha value is -1.12. The van der Waals surface area contributed by atoms with Crippen molar-refractivity contribution in [3.05, 3.63) is 0 Å². The molecule has 0 aliphatic carbocycles. The van der Waals surface area contributed by atoms with E-state index in [4.69, 9.17) is 17.0 Å². The molecule has 1 rings (SSSR count). The van der Waals surface area contributed by atoms with Crippen molar-refractivity contribution < 1.29 is 9.53 Å². The fraction of sp³-hybridized carbons (Fsp3) is 0.846. The molecule has 0 radical (unpaired) electrons. The average molecular weight is 317 g/mol. The van der Waals surface area contributed by atoms with Crippen molar-refractivity contribution in [2.45, 2.75) is 26.4 Å². The summed E-state index contributed by atoms with van der Waals surface area (Å²) in [7, 11) is 2.11. The topological polar surface area (TPSA) is 68.9 Å². The van der Waals surface area contributed by atoms with Crippen LogP contribution < -0.4 is 16.1 Å². The van der Waals surface area contributed by atoms with Gasteiger partial charge in [-0.1, -0.05) is 0 Å². The second kappa shape index (κ2) is 8.35. The molecule has 1 aliphatic rings. The van der Waals surface area contributed by atoms with Crippen molar-refractivity contribution in [1.82, 2.24) is 26.0 Å². The third-order valence-electron chi connectivity index (χ3n) is 2.84. The van der Waals surface area contributed by atoms with E-state index in [1.54, 1.807) is 0 Å². The molecule has 1 saturated heterocycles. The summed E-state index contributed by atoms with van der Waals surface area (Å²) < 4.78 is 5.14. The Balaban J connectivity index is 2.07. The van der Waals surface area contributed by atoms with E-state index in [0.717, 1.165) is 26.2 Å². The Labute approximate surface area is 132 Å². The largest absolute Gasteiger partial charge is 0.444 e. The van der Waals surface area contributed by atoms with Gasteiger partial charge in [0.1, 0.15) is 5.60 Å². The maximum atomic E-state index is 11.4. The summed E-state index contributed by atoms with van der Waals surface area (Å²) in [4.78, 5) is 13.7. The normalized spacial score (nSPS) is 17.1. The van der Waals surface area contributed by atoms with Crippen LogP contribution in [0.4, 0.5) is 4.79 Å². The zero-order valence-electron chi connectivity index (χ0n) is 13.4. The molecule has 1 fully saturated rings. The van der Waals surface area contributed by atoms with E-state index in [1.807, 2.05) is 20.8 Å². The molecule has 0 unspecified atom stereocenters. The Morgan fingerprint density at radius 3 is 2.29 bits per heavy atom. The molecule has 122 valence electrons. The molecule has 8 heteroatoms. The molecular formula is C13H27N5O2S. The molecule has 0 aromatic heterocycles. The highest BCUT2D eigenvalue weighted by Gasteiger charge is 2.16. The highest BCUT2D eigenvalue weighted by molar-refractivity contribution is 7.80. The number of nitrogens with one attached hydrogen (secondary N) is 3. The lowest BCUT2D eigenvalue weighted by Crippen LogP contribution is -2.55. The van der Waals surface area contributed by atoms with Gasteiger partial charge >= 0.3 is 6.09 Å². The van der Waals surface area contributed by atoms with Crippen LogP contribution in [0.15, 0.2) is 0 Å². The van der Waals surface area contributed by atoms with Crippen LogP contribution in [0.1, 0.15) is 20.8 Å². The molecule has 0 bridgehead atoms. The van der Waals surface area contributed by atoms with Crippen LogP contribution in [0.5, 0.6) is 0 Å². The average Bonchev–Trinajstić information content (AvgIpc) is 2.35. The van der Waals surface area contributed by atoms with Gasteiger partial charge in [-0.15, -0.1) is 0 Å². The summed E-state index contributed by atoms with van der Waals surface area (Å²) in [6.45, 7) is 10.4. The smallest absolute Gasteiger partial charge is 0.407 e. The molecule has 1 aliphatic heterocycles. The van der Waals surface area contributed by atoms with Gasteiger partial charge < -0.3 is 20.3 Å². The van der Waals surface area contributed by atoms with E-state index in [2.05, 4.69) is 33.0 Å². The molecule has 0 aromatic carbocycles. The van der Waals surface area contributed by atoms with Gasteiger partial charge in [-0.2, -0.15) is 0 Å². The van der Waals surface area contributed by atoms with Crippen LogP contribution in [0.25, 0.3) is 0 Å². The first-order valence-corrected chi connectivity index (χ1v) is 7.62. The van der Waals surface area contributed by atoms with Crippen molar-refractivity contribution in [3.63, 3.8) is 0 Å². The standard InChI is InChI=1S/C13H27N5O2S/c1-13(2,3)20-12(19)15-6-5-14-11(21)16-18-9-7-17(4)8-10-18/h5-10H2,1-4H3,(H,15,19)(H2,14,16,21). The molecule has 21 heavy (non-hydrogen) atoms. The lowest BCUT2D eigenvalue weighted by atomic mass is 10.2. The first-order chi connectivity index (χ1) is 9.76. The molecule has 7 nitrogen and oxygen atoms in total. The van der Waals surface area contributed by atoms with Crippen LogP contribution in [-0.2, 0) is 4.74 Å². The van der Waals surface area contributed by atoms with Crippen molar-refractivity contribution >= 4 is 23.4 Å². The third kappa shape index (κ3) is 8.69. The van der Waals surface area contributed by atoms with Gasteiger partial charge in [0.05, 0.1) is 0 Å². The highest BCUT2D eigenvalue weighted by atomic mass is 32.1. The first-order valence-electron chi connectivity index (χ1n) is 7.21. The number of amides is 1. The summed E-state index contributed by atoms with van der Waals surface area (Å²) >= 11 is 5.21. The Kier molecular flexibility index (Phi) is 7.13. The number of hydrazine groups is 1. The maximum Gasteiger partial charge on any atom is 0.407 e. The monoisotopic (exact) mass is 317 g/mol. The quantitative estimate of drug-likeness (QED) is 0.503. The number of carbonyl (C=O) groups excluding carboxylic acids is 1. The van der Waals surface area contributed by atoms with Gasteiger partial charge in [-0.25, -0.2) is 9.80 Å². The van der Waals surface area contributed by atoms with Gasteiger partial charge in [-0.05, 0) is 40.0 Å². The number of piperazine rings is 1. The van der Waals surface area contributed by atoms with Crippen molar-refractivity contribution in [1.29, 1.82) is 0 Å².